The topological polar surface area (TPSA) is 12.5 Å². The van der Waals surface area contributed by atoms with Crippen LogP contribution in [0.2, 0.25) is 0 Å². The van der Waals surface area contributed by atoms with Crippen molar-refractivity contribution in [2.24, 2.45) is 17.3 Å². The lowest BCUT2D eigenvalue weighted by Gasteiger charge is -2.52. The van der Waals surface area contributed by atoms with Gasteiger partial charge in [-0.3, -0.25) is 0 Å². The van der Waals surface area contributed by atoms with E-state index in [1.165, 1.54) is 49.8 Å². The van der Waals surface area contributed by atoms with Crippen molar-refractivity contribution in [3.63, 3.8) is 0 Å². The van der Waals surface area contributed by atoms with Crippen molar-refractivity contribution in [3.05, 3.63) is 71.8 Å². The molecule has 0 amide bonds. The number of unbranched alkanes of at least 4 members (excludes halogenated alkanes) is 1. The Morgan fingerprint density at radius 1 is 0.963 bits per heavy atom. The molecule has 0 radical (unpaired) electrons. The molecule has 5 unspecified atom stereocenters. The predicted molar refractivity (Wildman–Crippen MR) is 109 cm³/mol. The van der Waals surface area contributed by atoms with Crippen molar-refractivity contribution in [2.75, 3.05) is 13.6 Å². The Balaban J connectivity index is 1.09. The Kier molecular flexibility index (Phi) is 4.57. The van der Waals surface area contributed by atoms with Gasteiger partial charge in [0.1, 0.15) is 0 Å². The van der Waals surface area contributed by atoms with Crippen LogP contribution in [0.3, 0.4) is 0 Å². The zero-order valence-electron chi connectivity index (χ0n) is 16.4. The molecule has 2 aromatic carbocycles. The molecule has 0 heterocycles. The summed E-state index contributed by atoms with van der Waals surface area (Å²) in [4.78, 5) is 2.66. The Labute approximate surface area is 163 Å². The van der Waals surface area contributed by atoms with E-state index in [2.05, 4.69) is 72.6 Å². The summed E-state index contributed by atoms with van der Waals surface area (Å²) >= 11 is 0. The van der Waals surface area contributed by atoms with Gasteiger partial charge in [0.05, 0.1) is 12.7 Å². The van der Waals surface area contributed by atoms with E-state index in [4.69, 9.17) is 4.74 Å². The van der Waals surface area contributed by atoms with Crippen LogP contribution in [-0.4, -0.2) is 30.6 Å². The molecule has 1 spiro atoms. The SMILES string of the molecule is CN(CCCCc1ccccc1)C1C2C(OCc3ccccc3)C3CCC321. The van der Waals surface area contributed by atoms with Gasteiger partial charge in [0.25, 0.3) is 0 Å². The predicted octanol–water partition coefficient (Wildman–Crippen LogP) is 4.93. The molecule has 3 aliphatic rings. The van der Waals surface area contributed by atoms with Gasteiger partial charge < -0.3 is 9.64 Å². The Morgan fingerprint density at radius 2 is 1.67 bits per heavy atom. The van der Waals surface area contributed by atoms with Crippen LogP contribution in [-0.2, 0) is 17.8 Å². The van der Waals surface area contributed by atoms with Gasteiger partial charge in [0.2, 0.25) is 0 Å². The summed E-state index contributed by atoms with van der Waals surface area (Å²) < 4.78 is 6.38. The molecule has 5 rings (SSSR count). The number of benzene rings is 2. The normalized spacial score (nSPS) is 33.0. The van der Waals surface area contributed by atoms with E-state index in [-0.39, 0.29) is 0 Å². The van der Waals surface area contributed by atoms with Crippen LogP contribution in [0, 0.1) is 17.3 Å². The van der Waals surface area contributed by atoms with Crippen molar-refractivity contribution in [1.29, 1.82) is 0 Å². The highest BCUT2D eigenvalue weighted by Crippen LogP contribution is 2.82. The van der Waals surface area contributed by atoms with Gasteiger partial charge in [-0.05, 0) is 68.2 Å². The third kappa shape index (κ3) is 2.94. The van der Waals surface area contributed by atoms with Gasteiger partial charge in [-0.25, -0.2) is 0 Å². The molecular weight excluding hydrogens is 330 g/mol. The minimum absolute atomic E-state index is 0.510. The summed E-state index contributed by atoms with van der Waals surface area (Å²) in [5, 5.41) is 0. The van der Waals surface area contributed by atoms with Crippen LogP contribution in [0.5, 0.6) is 0 Å². The lowest BCUT2D eigenvalue weighted by Crippen LogP contribution is -2.52. The molecule has 0 aromatic heterocycles. The molecule has 0 aliphatic heterocycles. The molecule has 0 bridgehead atoms. The van der Waals surface area contributed by atoms with E-state index in [1.807, 2.05) is 0 Å². The zero-order chi connectivity index (χ0) is 18.3. The molecule has 0 saturated heterocycles. The fourth-order valence-electron chi connectivity index (χ4n) is 6.13. The molecule has 5 atom stereocenters. The third-order valence-electron chi connectivity index (χ3n) is 7.56. The minimum atomic E-state index is 0.510. The van der Waals surface area contributed by atoms with Crippen molar-refractivity contribution >= 4 is 0 Å². The van der Waals surface area contributed by atoms with E-state index >= 15 is 0 Å². The van der Waals surface area contributed by atoms with Crippen molar-refractivity contribution < 1.29 is 4.74 Å². The average Bonchev–Trinajstić information content (AvgIpc) is 3.38. The molecule has 2 aromatic rings. The fraction of sp³-hybridized carbons (Fsp3) is 0.520. The standard InChI is InChI=1S/C25H31NO/c1-26(17-9-8-12-19-10-4-2-5-11-19)24-22-23(21-15-16-25(21,22)24)27-18-20-13-6-3-7-14-20/h2-7,10-11,13-14,21-24H,8-9,12,15-18H2,1H3. The molecular formula is C25H31NO. The molecule has 3 fully saturated rings. The number of nitrogens with zero attached hydrogens (tertiary/aromatic N) is 1. The van der Waals surface area contributed by atoms with E-state index in [0.29, 0.717) is 11.5 Å². The minimum Gasteiger partial charge on any atom is -0.373 e. The summed E-state index contributed by atoms with van der Waals surface area (Å²) in [6.07, 6.45) is 7.12. The summed E-state index contributed by atoms with van der Waals surface area (Å²) in [6, 6.07) is 22.3. The third-order valence-corrected chi connectivity index (χ3v) is 7.56. The molecule has 3 saturated carbocycles. The number of hydrogen-bond donors (Lipinski definition) is 0. The van der Waals surface area contributed by atoms with Crippen molar-refractivity contribution in [2.45, 2.75) is 50.9 Å². The van der Waals surface area contributed by atoms with E-state index in [9.17, 15) is 0 Å². The van der Waals surface area contributed by atoms with E-state index < -0.39 is 0 Å². The Hall–Kier alpha value is -1.64. The first-order valence-electron chi connectivity index (χ1n) is 10.7. The summed E-state index contributed by atoms with van der Waals surface area (Å²) in [6.45, 7) is 2.01. The van der Waals surface area contributed by atoms with Crippen LogP contribution < -0.4 is 0 Å². The highest BCUT2D eigenvalue weighted by atomic mass is 16.5. The summed E-state index contributed by atoms with van der Waals surface area (Å²) in [5.74, 6) is 1.64. The van der Waals surface area contributed by atoms with Gasteiger partial charge in [-0.1, -0.05) is 60.7 Å². The van der Waals surface area contributed by atoms with E-state index in [0.717, 1.165) is 24.5 Å². The highest BCUT2D eigenvalue weighted by molar-refractivity contribution is 5.35. The second-order valence-corrected chi connectivity index (χ2v) is 8.91. The molecule has 2 heteroatoms. The average molecular weight is 362 g/mol. The van der Waals surface area contributed by atoms with E-state index in [1.54, 1.807) is 0 Å². The number of rotatable bonds is 9. The maximum absolute atomic E-state index is 6.38. The van der Waals surface area contributed by atoms with Gasteiger partial charge in [-0.2, -0.15) is 0 Å². The van der Waals surface area contributed by atoms with Crippen molar-refractivity contribution in [1.82, 2.24) is 4.90 Å². The second-order valence-electron chi connectivity index (χ2n) is 8.91. The number of aryl methyl sites for hydroxylation is 1. The first-order chi connectivity index (χ1) is 13.3. The zero-order valence-corrected chi connectivity index (χ0v) is 16.4. The first-order valence-corrected chi connectivity index (χ1v) is 10.7. The molecule has 0 N–H and O–H groups in total. The lowest BCUT2D eigenvalue weighted by molar-refractivity contribution is -0.148. The molecule has 2 nitrogen and oxygen atoms in total. The Morgan fingerprint density at radius 3 is 2.33 bits per heavy atom. The maximum Gasteiger partial charge on any atom is 0.0720 e. The summed E-state index contributed by atoms with van der Waals surface area (Å²) in [5.41, 5.74) is 3.43. The lowest BCUT2D eigenvalue weighted by atomic mass is 9.56. The van der Waals surface area contributed by atoms with Gasteiger partial charge in [0.15, 0.2) is 0 Å². The maximum atomic E-state index is 6.38. The largest absolute Gasteiger partial charge is 0.373 e. The number of hydrogen-bond acceptors (Lipinski definition) is 2. The highest BCUT2D eigenvalue weighted by Gasteiger charge is 2.85. The Bertz CT molecular complexity index is 760. The smallest absolute Gasteiger partial charge is 0.0720 e. The van der Waals surface area contributed by atoms with Crippen LogP contribution in [0.4, 0.5) is 0 Å². The van der Waals surface area contributed by atoms with Gasteiger partial charge in [-0.15, -0.1) is 0 Å². The van der Waals surface area contributed by atoms with Crippen LogP contribution in [0.15, 0.2) is 60.7 Å². The number of ether oxygens (including phenoxy) is 1. The second kappa shape index (κ2) is 7.07. The quantitative estimate of drug-likeness (QED) is 0.587. The molecule has 142 valence electrons. The van der Waals surface area contributed by atoms with Crippen LogP contribution in [0.25, 0.3) is 0 Å². The van der Waals surface area contributed by atoms with Gasteiger partial charge in [0, 0.05) is 12.0 Å². The monoisotopic (exact) mass is 361 g/mol. The van der Waals surface area contributed by atoms with Crippen molar-refractivity contribution in [3.8, 4) is 0 Å². The fourth-order valence-corrected chi connectivity index (χ4v) is 6.13. The van der Waals surface area contributed by atoms with Gasteiger partial charge >= 0.3 is 0 Å². The molecule has 27 heavy (non-hydrogen) atoms. The van der Waals surface area contributed by atoms with Crippen LogP contribution in [0.1, 0.15) is 36.8 Å². The van der Waals surface area contributed by atoms with Crippen LogP contribution >= 0.6 is 0 Å². The first kappa shape index (κ1) is 17.5. The molecule has 3 aliphatic carbocycles. The summed E-state index contributed by atoms with van der Waals surface area (Å²) in [7, 11) is 2.35.